The summed E-state index contributed by atoms with van der Waals surface area (Å²) in [5.74, 6) is 0.0416. The van der Waals surface area contributed by atoms with Crippen LogP contribution in [0.1, 0.15) is 57.8 Å². The minimum absolute atomic E-state index is 0.0190. The van der Waals surface area contributed by atoms with Crippen LogP contribution in [0.25, 0.3) is 0 Å². The van der Waals surface area contributed by atoms with Crippen molar-refractivity contribution in [2.24, 2.45) is 5.92 Å². The lowest BCUT2D eigenvalue weighted by atomic mass is 9.85. The van der Waals surface area contributed by atoms with Gasteiger partial charge in [0.1, 0.15) is 0 Å². The molecule has 120 valence electrons. The Bertz CT molecular complexity index is 349. The molecule has 3 aliphatic rings. The molecule has 1 heterocycles. The van der Waals surface area contributed by atoms with Crippen molar-refractivity contribution in [3.63, 3.8) is 0 Å². The Labute approximate surface area is 128 Å². The number of esters is 1. The van der Waals surface area contributed by atoms with Crippen LogP contribution >= 0.6 is 0 Å². The zero-order chi connectivity index (χ0) is 14.7. The second kappa shape index (κ2) is 7.10. The highest BCUT2D eigenvalue weighted by molar-refractivity contribution is 5.72. The molecule has 0 amide bonds. The summed E-state index contributed by atoms with van der Waals surface area (Å²) in [5.41, 5.74) is 0. The van der Waals surface area contributed by atoms with Crippen LogP contribution in [-0.4, -0.2) is 49.2 Å². The highest BCUT2D eigenvalue weighted by atomic mass is 16.5. The summed E-state index contributed by atoms with van der Waals surface area (Å²) >= 11 is 0. The van der Waals surface area contributed by atoms with Crippen LogP contribution in [0.3, 0.4) is 0 Å². The molecule has 0 bridgehead atoms. The number of rotatable bonds is 4. The predicted octanol–water partition coefficient (Wildman–Crippen LogP) is 2.32. The highest BCUT2D eigenvalue weighted by Gasteiger charge is 2.37. The number of hydrogen-bond acceptors (Lipinski definition) is 4. The maximum Gasteiger partial charge on any atom is 0.310 e. The number of likely N-dealkylation sites (tertiary alicyclic amines) is 1. The topological polar surface area (TPSA) is 41.6 Å². The van der Waals surface area contributed by atoms with Gasteiger partial charge in [-0.1, -0.05) is 25.7 Å². The van der Waals surface area contributed by atoms with Crippen molar-refractivity contribution in [3.05, 3.63) is 0 Å². The Hall–Kier alpha value is -0.610. The van der Waals surface area contributed by atoms with E-state index in [4.69, 9.17) is 4.74 Å². The van der Waals surface area contributed by atoms with Crippen LogP contribution in [0.2, 0.25) is 0 Å². The fraction of sp³-hybridized carbons (Fsp3) is 0.941. The van der Waals surface area contributed by atoms with Gasteiger partial charge in [-0.05, 0) is 32.1 Å². The molecule has 0 spiro atoms. The molecule has 1 saturated heterocycles. The Morgan fingerprint density at radius 1 is 1.00 bits per heavy atom. The standard InChI is InChI=1S/C17H30N2O2/c1-21-17(20)13-10-15(18-14-6-3-2-4-7-14)12-19(11-13)16-8-5-9-16/h13-16,18H,2-12H2,1H3. The third-order valence-corrected chi connectivity index (χ3v) is 5.68. The fourth-order valence-electron chi connectivity index (χ4n) is 4.24. The van der Waals surface area contributed by atoms with Gasteiger partial charge in [-0.3, -0.25) is 9.69 Å². The first-order chi connectivity index (χ1) is 10.3. The maximum absolute atomic E-state index is 12.0. The van der Waals surface area contributed by atoms with E-state index in [9.17, 15) is 4.79 Å². The van der Waals surface area contributed by atoms with Gasteiger partial charge in [0, 0.05) is 31.2 Å². The smallest absolute Gasteiger partial charge is 0.310 e. The molecule has 0 aromatic heterocycles. The van der Waals surface area contributed by atoms with Crippen LogP contribution in [0.4, 0.5) is 0 Å². The molecule has 0 aromatic carbocycles. The Morgan fingerprint density at radius 2 is 1.76 bits per heavy atom. The van der Waals surface area contributed by atoms with E-state index in [1.165, 1.54) is 58.5 Å². The van der Waals surface area contributed by atoms with E-state index >= 15 is 0 Å². The lowest BCUT2D eigenvalue weighted by Crippen LogP contribution is -2.57. The van der Waals surface area contributed by atoms with Gasteiger partial charge < -0.3 is 10.1 Å². The zero-order valence-corrected chi connectivity index (χ0v) is 13.4. The lowest BCUT2D eigenvalue weighted by molar-refractivity contribution is -0.148. The largest absolute Gasteiger partial charge is 0.469 e. The fourth-order valence-corrected chi connectivity index (χ4v) is 4.24. The molecule has 2 saturated carbocycles. The van der Waals surface area contributed by atoms with Crippen molar-refractivity contribution in [2.75, 3.05) is 20.2 Å². The number of carbonyl (C=O) groups is 1. The molecular formula is C17H30N2O2. The quantitative estimate of drug-likeness (QED) is 0.808. The lowest BCUT2D eigenvalue weighted by Gasteiger charge is -2.45. The summed E-state index contributed by atoms with van der Waals surface area (Å²) in [6, 6.07) is 1.85. The van der Waals surface area contributed by atoms with Gasteiger partial charge in [0.25, 0.3) is 0 Å². The van der Waals surface area contributed by atoms with E-state index in [1.807, 2.05) is 0 Å². The van der Waals surface area contributed by atoms with Crippen molar-refractivity contribution in [1.29, 1.82) is 0 Å². The van der Waals surface area contributed by atoms with Crippen molar-refractivity contribution in [3.8, 4) is 0 Å². The number of hydrogen-bond donors (Lipinski definition) is 1. The predicted molar refractivity (Wildman–Crippen MR) is 83.1 cm³/mol. The number of nitrogens with one attached hydrogen (secondary N) is 1. The van der Waals surface area contributed by atoms with Gasteiger partial charge in [-0.15, -0.1) is 0 Å². The van der Waals surface area contributed by atoms with Gasteiger partial charge in [0.05, 0.1) is 13.0 Å². The second-order valence-electron chi connectivity index (χ2n) is 7.19. The first-order valence-corrected chi connectivity index (χ1v) is 8.84. The molecule has 2 unspecified atom stereocenters. The van der Waals surface area contributed by atoms with E-state index in [-0.39, 0.29) is 11.9 Å². The molecule has 2 atom stereocenters. The molecular weight excluding hydrogens is 264 g/mol. The summed E-state index contributed by atoms with van der Waals surface area (Å²) in [4.78, 5) is 14.6. The number of nitrogens with zero attached hydrogens (tertiary/aromatic N) is 1. The average Bonchev–Trinajstić information content (AvgIpc) is 2.45. The molecule has 0 radical (unpaired) electrons. The summed E-state index contributed by atoms with van der Waals surface area (Å²) in [5, 5.41) is 3.85. The maximum atomic E-state index is 12.0. The first-order valence-electron chi connectivity index (χ1n) is 8.84. The Kier molecular flexibility index (Phi) is 5.17. The third-order valence-electron chi connectivity index (χ3n) is 5.68. The van der Waals surface area contributed by atoms with E-state index in [1.54, 1.807) is 0 Å². The van der Waals surface area contributed by atoms with E-state index in [0.717, 1.165) is 19.5 Å². The van der Waals surface area contributed by atoms with Crippen molar-refractivity contribution in [2.45, 2.75) is 75.9 Å². The summed E-state index contributed by atoms with van der Waals surface area (Å²) in [7, 11) is 1.52. The van der Waals surface area contributed by atoms with Crippen LogP contribution < -0.4 is 5.32 Å². The van der Waals surface area contributed by atoms with Crippen molar-refractivity contribution >= 4 is 5.97 Å². The SMILES string of the molecule is COC(=O)C1CC(NC2CCCCC2)CN(C2CCC2)C1. The van der Waals surface area contributed by atoms with Crippen LogP contribution in [0.5, 0.6) is 0 Å². The third kappa shape index (κ3) is 3.78. The Balaban J connectivity index is 1.59. The van der Waals surface area contributed by atoms with Crippen molar-refractivity contribution in [1.82, 2.24) is 10.2 Å². The number of methoxy groups -OCH3 is 1. The summed E-state index contributed by atoms with van der Waals surface area (Å²) in [6.45, 7) is 2.02. The summed E-state index contributed by atoms with van der Waals surface area (Å²) < 4.78 is 5.01. The second-order valence-corrected chi connectivity index (χ2v) is 7.19. The molecule has 2 aliphatic carbocycles. The molecule has 0 aromatic rings. The molecule has 1 aliphatic heterocycles. The molecule has 4 heteroatoms. The summed E-state index contributed by atoms with van der Waals surface area (Å²) in [6.07, 6.45) is 11.6. The number of piperidine rings is 1. The van der Waals surface area contributed by atoms with E-state index in [2.05, 4.69) is 10.2 Å². The van der Waals surface area contributed by atoms with Gasteiger partial charge in [0.15, 0.2) is 0 Å². The number of ether oxygens (including phenoxy) is 1. The molecule has 3 rings (SSSR count). The zero-order valence-electron chi connectivity index (χ0n) is 13.4. The van der Waals surface area contributed by atoms with Crippen LogP contribution in [0.15, 0.2) is 0 Å². The normalized spacial score (nSPS) is 32.6. The molecule has 1 N–H and O–H groups in total. The minimum atomic E-state index is -0.0190. The van der Waals surface area contributed by atoms with Crippen molar-refractivity contribution < 1.29 is 9.53 Å². The Morgan fingerprint density at radius 3 is 2.38 bits per heavy atom. The van der Waals surface area contributed by atoms with Gasteiger partial charge in [-0.25, -0.2) is 0 Å². The first kappa shape index (κ1) is 15.3. The minimum Gasteiger partial charge on any atom is -0.469 e. The van der Waals surface area contributed by atoms with E-state index < -0.39 is 0 Å². The van der Waals surface area contributed by atoms with Crippen LogP contribution in [-0.2, 0) is 9.53 Å². The molecule has 4 nitrogen and oxygen atoms in total. The van der Waals surface area contributed by atoms with Gasteiger partial charge in [-0.2, -0.15) is 0 Å². The van der Waals surface area contributed by atoms with Gasteiger partial charge in [0.2, 0.25) is 0 Å². The monoisotopic (exact) mass is 294 g/mol. The van der Waals surface area contributed by atoms with Crippen LogP contribution in [0, 0.1) is 5.92 Å². The number of carbonyl (C=O) groups excluding carboxylic acids is 1. The van der Waals surface area contributed by atoms with E-state index in [0.29, 0.717) is 18.1 Å². The van der Waals surface area contributed by atoms with Gasteiger partial charge >= 0.3 is 5.97 Å². The molecule has 21 heavy (non-hydrogen) atoms. The average molecular weight is 294 g/mol. The molecule has 3 fully saturated rings. The highest BCUT2D eigenvalue weighted by Crippen LogP contribution is 2.30.